The molecule has 4 aromatic carbocycles. The molecule has 262 valence electrons. The van der Waals surface area contributed by atoms with Gasteiger partial charge in [-0.2, -0.15) is 0 Å². The first-order chi connectivity index (χ1) is 24.1. The zero-order valence-corrected chi connectivity index (χ0v) is 31.1. The van der Waals surface area contributed by atoms with Gasteiger partial charge in [-0.05, 0) is 82.2 Å². The Morgan fingerprint density at radius 1 is 0.640 bits per heavy atom. The minimum Gasteiger partial charge on any atom is -0.344 e. The van der Waals surface area contributed by atoms with E-state index in [9.17, 15) is 0 Å². The molecule has 0 N–H and O–H groups in total. The quantitative estimate of drug-likeness (QED) is 0.132. The molecule has 0 atom stereocenters. The van der Waals surface area contributed by atoms with Crippen LogP contribution in [-0.4, -0.2) is 33.7 Å². The second-order valence-corrected chi connectivity index (χ2v) is 10.9. The normalized spacial score (nSPS) is 11.3. The van der Waals surface area contributed by atoms with Crippen LogP contribution < -0.4 is 0 Å². The summed E-state index contributed by atoms with van der Waals surface area (Å²) < 4.78 is 4.43. The molecule has 1 fully saturated rings. The zero-order valence-electron chi connectivity index (χ0n) is 31.1. The molecule has 0 bridgehead atoms. The fourth-order valence-electron chi connectivity index (χ4n) is 5.74. The predicted molar refractivity (Wildman–Crippen MR) is 223 cm³/mol. The molecule has 3 nitrogen and oxygen atoms in total. The van der Waals surface area contributed by atoms with E-state index in [4.69, 9.17) is 0 Å². The van der Waals surface area contributed by atoms with Crippen molar-refractivity contribution in [1.82, 2.24) is 14.0 Å². The number of rotatable bonds is 2. The van der Waals surface area contributed by atoms with Gasteiger partial charge in [-0.1, -0.05) is 132 Å². The minimum absolute atomic E-state index is 0. The van der Waals surface area contributed by atoms with Gasteiger partial charge in [-0.15, -0.1) is 12.3 Å². The van der Waals surface area contributed by atoms with E-state index in [-0.39, 0.29) is 7.43 Å². The molecule has 50 heavy (non-hydrogen) atoms. The molecule has 0 saturated carbocycles. The molecule has 1 saturated heterocycles. The van der Waals surface area contributed by atoms with Crippen LogP contribution in [-0.2, 0) is 14.1 Å². The Morgan fingerprint density at radius 2 is 1.06 bits per heavy atom. The highest BCUT2D eigenvalue weighted by atomic mass is 15.1. The second kappa shape index (κ2) is 24.9. The Morgan fingerprint density at radius 3 is 1.50 bits per heavy atom. The van der Waals surface area contributed by atoms with Gasteiger partial charge < -0.3 is 14.0 Å². The number of para-hydroxylation sites is 3. The van der Waals surface area contributed by atoms with Crippen molar-refractivity contribution in [3.05, 3.63) is 132 Å². The molecule has 0 radical (unpaired) electrons. The average Bonchev–Trinajstić information content (AvgIpc) is 3.88. The van der Waals surface area contributed by atoms with Crippen LogP contribution in [0, 0.1) is 24.5 Å². The SMILES string of the molecule is C.C#CC.CC.CC.CCCN1CCCC1.Cn1c2c(c3ccccc31)C=C=C=C2.Cn1c2ccccc2c2ccccc21.c1ccccc#1. The minimum atomic E-state index is 0. The van der Waals surface area contributed by atoms with Crippen molar-refractivity contribution in [3.63, 3.8) is 0 Å². The topological polar surface area (TPSA) is 13.1 Å². The van der Waals surface area contributed by atoms with E-state index in [1.807, 2.05) is 64.1 Å². The lowest BCUT2D eigenvalue weighted by atomic mass is 10.1. The molecule has 0 spiro atoms. The van der Waals surface area contributed by atoms with E-state index < -0.39 is 0 Å². The largest absolute Gasteiger partial charge is 0.344 e. The van der Waals surface area contributed by atoms with E-state index in [1.54, 1.807) is 6.92 Å². The van der Waals surface area contributed by atoms with Gasteiger partial charge in [-0.25, -0.2) is 0 Å². The first-order valence-corrected chi connectivity index (χ1v) is 17.7. The van der Waals surface area contributed by atoms with Crippen molar-refractivity contribution < 1.29 is 0 Å². The third-order valence-electron chi connectivity index (χ3n) is 7.81. The summed E-state index contributed by atoms with van der Waals surface area (Å²) in [5.74, 6) is 2.25. The van der Waals surface area contributed by atoms with E-state index in [0.29, 0.717) is 0 Å². The number of aryl methyl sites for hydroxylation is 2. The third-order valence-corrected chi connectivity index (χ3v) is 7.81. The van der Waals surface area contributed by atoms with Gasteiger partial charge in [-0.3, -0.25) is 0 Å². The van der Waals surface area contributed by atoms with Gasteiger partial charge in [0.15, 0.2) is 0 Å². The highest BCUT2D eigenvalue weighted by Crippen LogP contribution is 2.28. The lowest BCUT2D eigenvalue weighted by molar-refractivity contribution is 0.339. The monoisotopic (exact) mass is 665 g/mol. The molecule has 3 heterocycles. The Bertz CT molecular complexity index is 1850. The maximum atomic E-state index is 4.60. The Balaban J connectivity index is 0.000000325. The van der Waals surface area contributed by atoms with Crippen LogP contribution in [0.2, 0.25) is 0 Å². The molecule has 8 rings (SSSR count). The van der Waals surface area contributed by atoms with Gasteiger partial charge in [0, 0.05) is 58.4 Å². The fraction of sp³-hybridized carbons (Fsp3) is 0.319. The smallest absolute Gasteiger partial charge is 0.0580 e. The summed E-state index contributed by atoms with van der Waals surface area (Å²) in [7, 11) is 4.20. The van der Waals surface area contributed by atoms with Crippen molar-refractivity contribution in [2.24, 2.45) is 14.1 Å². The number of hydrogen-bond acceptors (Lipinski definition) is 1. The first-order valence-electron chi connectivity index (χ1n) is 17.7. The maximum absolute atomic E-state index is 4.60. The van der Waals surface area contributed by atoms with Gasteiger partial charge in [0.1, 0.15) is 0 Å². The number of likely N-dealkylation sites (tertiary alicyclic amines) is 1. The Hall–Kier alpha value is -5.14. The van der Waals surface area contributed by atoms with Crippen molar-refractivity contribution in [1.29, 1.82) is 0 Å². The highest BCUT2D eigenvalue weighted by Gasteiger charge is 2.11. The number of hydrogen-bond donors (Lipinski definition) is 0. The molecular formula is C47H59N3. The van der Waals surface area contributed by atoms with Crippen molar-refractivity contribution in [2.45, 2.75) is 68.2 Å². The zero-order chi connectivity index (χ0) is 35.9. The first kappa shape index (κ1) is 42.9. The number of fused-ring (bicyclic) bond motifs is 6. The Kier molecular flexibility index (Phi) is 21.4. The fourth-order valence-corrected chi connectivity index (χ4v) is 5.74. The van der Waals surface area contributed by atoms with Crippen LogP contribution in [0.1, 0.15) is 79.5 Å². The summed E-state index contributed by atoms with van der Waals surface area (Å²) in [6.07, 6.45) is 12.8. The summed E-state index contributed by atoms with van der Waals surface area (Å²) >= 11 is 0. The van der Waals surface area contributed by atoms with Gasteiger partial charge in [0.05, 0.1) is 5.69 Å². The van der Waals surface area contributed by atoms with Crippen LogP contribution in [0.15, 0.2) is 109 Å². The molecule has 2 aliphatic rings. The van der Waals surface area contributed by atoms with E-state index in [1.165, 1.54) is 82.9 Å². The maximum Gasteiger partial charge on any atom is 0.0580 e. The van der Waals surface area contributed by atoms with Gasteiger partial charge >= 0.3 is 0 Å². The summed E-state index contributed by atoms with van der Waals surface area (Å²) in [4.78, 5) is 2.54. The molecule has 3 heteroatoms. The summed E-state index contributed by atoms with van der Waals surface area (Å²) in [6.45, 7) is 15.9. The molecule has 1 aliphatic heterocycles. The lowest BCUT2D eigenvalue weighted by Crippen LogP contribution is -2.19. The van der Waals surface area contributed by atoms with Crippen LogP contribution in [0.5, 0.6) is 0 Å². The standard InChI is InChI=1S/C13H11N.C13H9N.C7H15N.C6H4.C3H4.2C2H6.CH4/c2*1-14-12-8-4-2-6-10(12)11-7-3-5-9-13(11)14;1-2-5-8-6-3-4-7-8;1-2-4-6-5-3-1;1-3-2;2*1-2;/h2-9H,1H3;2,4,6-9H,1H3;2-7H2,1H3;1-4H;1H,2H3;2*1-2H3;1H4. The van der Waals surface area contributed by atoms with Crippen LogP contribution in [0.3, 0.4) is 0 Å². The van der Waals surface area contributed by atoms with E-state index >= 15 is 0 Å². The molecule has 0 unspecified atom stereocenters. The van der Waals surface area contributed by atoms with E-state index in [0.717, 1.165) is 0 Å². The predicted octanol–water partition coefficient (Wildman–Crippen LogP) is 12.4. The van der Waals surface area contributed by atoms with Crippen LogP contribution in [0.4, 0.5) is 0 Å². The lowest BCUT2D eigenvalue weighted by Gasteiger charge is -2.11. The summed E-state index contributed by atoms with van der Waals surface area (Å²) in [5.41, 5.74) is 12.3. The molecule has 0 amide bonds. The van der Waals surface area contributed by atoms with Crippen LogP contribution in [0.25, 0.3) is 44.9 Å². The van der Waals surface area contributed by atoms with Crippen molar-refractivity contribution >= 4 is 44.9 Å². The van der Waals surface area contributed by atoms with E-state index in [2.05, 4.69) is 144 Å². The van der Waals surface area contributed by atoms with Crippen LogP contribution >= 0.6 is 0 Å². The summed E-state index contributed by atoms with van der Waals surface area (Å²) in [5, 5.41) is 3.96. The van der Waals surface area contributed by atoms with Gasteiger partial charge in [0.25, 0.3) is 0 Å². The number of benzene rings is 3. The number of aromatic nitrogens is 2. The third kappa shape index (κ3) is 12.1. The molecule has 6 aromatic rings. The molecular weight excluding hydrogens is 607 g/mol. The number of terminal acetylenes is 1. The number of nitrogens with zero attached hydrogens (tertiary/aromatic N) is 3. The Labute approximate surface area is 304 Å². The van der Waals surface area contributed by atoms with Crippen molar-refractivity contribution in [3.8, 4) is 12.3 Å². The molecule has 2 aromatic heterocycles. The second-order valence-electron chi connectivity index (χ2n) is 10.9. The average molecular weight is 666 g/mol. The van der Waals surface area contributed by atoms with Crippen molar-refractivity contribution in [2.75, 3.05) is 19.6 Å². The van der Waals surface area contributed by atoms with Gasteiger partial charge in [0.2, 0.25) is 0 Å². The highest BCUT2D eigenvalue weighted by molar-refractivity contribution is 6.07. The molecule has 1 aliphatic carbocycles. The summed E-state index contributed by atoms with van der Waals surface area (Å²) in [6, 6.07) is 38.4.